The van der Waals surface area contributed by atoms with E-state index in [-0.39, 0.29) is 24.3 Å². The predicted molar refractivity (Wildman–Crippen MR) is 116 cm³/mol. The third kappa shape index (κ3) is 4.31. The SMILES string of the molecule is O=C(CC1C(=O)N(CC2CCCO2)C(=S)N1c1ccccc1)Nc1ccccc1. The van der Waals surface area contributed by atoms with Gasteiger partial charge in [-0.2, -0.15) is 0 Å². The molecule has 0 aliphatic carbocycles. The summed E-state index contributed by atoms with van der Waals surface area (Å²) in [5.41, 5.74) is 1.51. The number of hydrogen-bond acceptors (Lipinski definition) is 4. The number of para-hydroxylation sites is 2. The molecule has 2 aliphatic heterocycles. The molecule has 2 aliphatic rings. The van der Waals surface area contributed by atoms with Crippen LogP contribution in [0.1, 0.15) is 19.3 Å². The van der Waals surface area contributed by atoms with Gasteiger partial charge in [0, 0.05) is 18.0 Å². The molecule has 2 amide bonds. The van der Waals surface area contributed by atoms with Gasteiger partial charge in [0.25, 0.3) is 5.91 Å². The van der Waals surface area contributed by atoms with Crippen LogP contribution in [0.4, 0.5) is 11.4 Å². The Kier molecular flexibility index (Phi) is 5.87. The maximum absolute atomic E-state index is 13.2. The molecule has 2 aromatic carbocycles. The Balaban J connectivity index is 1.55. The van der Waals surface area contributed by atoms with Gasteiger partial charge in [-0.3, -0.25) is 14.5 Å². The Morgan fingerprint density at radius 2 is 1.79 bits per heavy atom. The smallest absolute Gasteiger partial charge is 0.252 e. The normalized spacial score (nSPS) is 21.7. The lowest BCUT2D eigenvalue weighted by molar-refractivity contribution is -0.129. The van der Waals surface area contributed by atoms with E-state index in [0.717, 1.165) is 18.5 Å². The molecule has 2 fully saturated rings. The van der Waals surface area contributed by atoms with Crippen LogP contribution in [-0.4, -0.2) is 47.1 Å². The second-order valence-electron chi connectivity index (χ2n) is 7.21. The summed E-state index contributed by atoms with van der Waals surface area (Å²) in [6, 6.07) is 18.0. The number of benzene rings is 2. The molecule has 6 nitrogen and oxygen atoms in total. The van der Waals surface area contributed by atoms with Crippen LogP contribution in [0.15, 0.2) is 60.7 Å². The molecule has 0 radical (unpaired) electrons. The number of carbonyl (C=O) groups excluding carboxylic acids is 2. The van der Waals surface area contributed by atoms with Gasteiger partial charge >= 0.3 is 0 Å². The van der Waals surface area contributed by atoms with Crippen molar-refractivity contribution in [2.45, 2.75) is 31.4 Å². The summed E-state index contributed by atoms with van der Waals surface area (Å²) < 4.78 is 5.70. The maximum atomic E-state index is 13.2. The molecule has 0 aromatic heterocycles. The van der Waals surface area contributed by atoms with Crippen LogP contribution in [0.25, 0.3) is 0 Å². The lowest BCUT2D eigenvalue weighted by Gasteiger charge is -2.24. The number of nitrogens with one attached hydrogen (secondary N) is 1. The molecule has 29 heavy (non-hydrogen) atoms. The highest BCUT2D eigenvalue weighted by atomic mass is 32.1. The highest BCUT2D eigenvalue weighted by Gasteiger charge is 2.45. The van der Waals surface area contributed by atoms with Crippen molar-refractivity contribution < 1.29 is 14.3 Å². The minimum Gasteiger partial charge on any atom is -0.376 e. The zero-order chi connectivity index (χ0) is 20.2. The first kappa shape index (κ1) is 19.5. The van der Waals surface area contributed by atoms with Gasteiger partial charge in [-0.25, -0.2) is 0 Å². The molecule has 0 spiro atoms. The molecule has 0 bridgehead atoms. The summed E-state index contributed by atoms with van der Waals surface area (Å²) in [7, 11) is 0. The van der Waals surface area contributed by atoms with E-state index in [1.54, 1.807) is 9.80 Å². The lowest BCUT2D eigenvalue weighted by Crippen LogP contribution is -2.38. The van der Waals surface area contributed by atoms with Gasteiger partial charge in [-0.05, 0) is 49.3 Å². The number of thiocarbonyl (C=S) groups is 1. The van der Waals surface area contributed by atoms with Crippen molar-refractivity contribution >= 4 is 40.5 Å². The molecule has 150 valence electrons. The standard InChI is InChI=1S/C22H23N3O3S/c26-20(23-16-8-3-1-4-9-16)14-19-21(27)24(15-18-12-7-13-28-18)22(29)25(19)17-10-5-2-6-11-17/h1-6,8-11,18-19H,7,12-15H2,(H,23,26). The molecule has 7 heteroatoms. The average molecular weight is 410 g/mol. The van der Waals surface area contributed by atoms with Gasteiger partial charge in [-0.15, -0.1) is 0 Å². The number of hydrogen-bond donors (Lipinski definition) is 1. The topological polar surface area (TPSA) is 61.9 Å². The van der Waals surface area contributed by atoms with Crippen LogP contribution in [0.5, 0.6) is 0 Å². The zero-order valence-corrected chi connectivity index (χ0v) is 16.8. The molecule has 1 N–H and O–H groups in total. The van der Waals surface area contributed by atoms with E-state index in [1.165, 1.54) is 0 Å². The summed E-state index contributed by atoms with van der Waals surface area (Å²) >= 11 is 5.66. The van der Waals surface area contributed by atoms with E-state index >= 15 is 0 Å². The largest absolute Gasteiger partial charge is 0.376 e. The van der Waals surface area contributed by atoms with Gasteiger partial charge in [-0.1, -0.05) is 36.4 Å². The fourth-order valence-corrected chi connectivity index (χ4v) is 4.17. The highest BCUT2D eigenvalue weighted by molar-refractivity contribution is 7.80. The number of amides is 2. The van der Waals surface area contributed by atoms with Crippen molar-refractivity contribution in [3.8, 4) is 0 Å². The van der Waals surface area contributed by atoms with Crippen molar-refractivity contribution in [1.82, 2.24) is 4.90 Å². The van der Waals surface area contributed by atoms with E-state index < -0.39 is 6.04 Å². The predicted octanol–water partition coefficient (Wildman–Crippen LogP) is 3.20. The minimum atomic E-state index is -0.671. The van der Waals surface area contributed by atoms with Crippen molar-refractivity contribution in [3.63, 3.8) is 0 Å². The summed E-state index contributed by atoms with van der Waals surface area (Å²) in [5, 5.41) is 3.29. The van der Waals surface area contributed by atoms with Crippen LogP contribution >= 0.6 is 12.2 Å². The molecule has 2 atom stereocenters. The Morgan fingerprint density at radius 1 is 1.10 bits per heavy atom. The summed E-state index contributed by atoms with van der Waals surface area (Å²) in [6.07, 6.45) is 1.92. The van der Waals surface area contributed by atoms with Crippen molar-refractivity contribution in [3.05, 3.63) is 60.7 Å². The fraction of sp³-hybridized carbons (Fsp3) is 0.318. The van der Waals surface area contributed by atoms with Crippen molar-refractivity contribution in [2.75, 3.05) is 23.4 Å². The second-order valence-corrected chi connectivity index (χ2v) is 7.57. The number of nitrogens with zero attached hydrogens (tertiary/aromatic N) is 2. The minimum absolute atomic E-state index is 0.00795. The maximum Gasteiger partial charge on any atom is 0.252 e. The first-order valence-electron chi connectivity index (χ1n) is 9.79. The Hall–Kier alpha value is -2.77. The Morgan fingerprint density at radius 3 is 2.45 bits per heavy atom. The van der Waals surface area contributed by atoms with E-state index in [4.69, 9.17) is 17.0 Å². The van der Waals surface area contributed by atoms with Crippen LogP contribution in [0, 0.1) is 0 Å². The lowest BCUT2D eigenvalue weighted by atomic mass is 10.1. The first-order valence-corrected chi connectivity index (χ1v) is 10.2. The highest BCUT2D eigenvalue weighted by Crippen LogP contribution is 2.29. The molecular formula is C22H23N3O3S. The van der Waals surface area contributed by atoms with Gasteiger partial charge < -0.3 is 15.0 Å². The monoisotopic (exact) mass is 409 g/mol. The third-order valence-electron chi connectivity index (χ3n) is 5.18. The molecular weight excluding hydrogens is 386 g/mol. The van der Waals surface area contributed by atoms with Gasteiger partial charge in [0.15, 0.2) is 5.11 Å². The molecule has 2 aromatic rings. The average Bonchev–Trinajstić information content (AvgIpc) is 3.32. The molecule has 2 saturated heterocycles. The number of anilines is 2. The molecule has 2 unspecified atom stereocenters. The van der Waals surface area contributed by atoms with E-state index in [2.05, 4.69) is 5.32 Å². The third-order valence-corrected chi connectivity index (χ3v) is 5.60. The summed E-state index contributed by atoms with van der Waals surface area (Å²) in [6.45, 7) is 1.14. The summed E-state index contributed by atoms with van der Waals surface area (Å²) in [5.74, 6) is -0.380. The number of carbonyl (C=O) groups is 2. The van der Waals surface area contributed by atoms with Gasteiger partial charge in [0.05, 0.1) is 19.1 Å². The van der Waals surface area contributed by atoms with Crippen LogP contribution < -0.4 is 10.2 Å². The van der Waals surface area contributed by atoms with E-state index in [1.807, 2.05) is 60.7 Å². The Bertz CT molecular complexity index is 885. The molecule has 2 heterocycles. The van der Waals surface area contributed by atoms with E-state index in [9.17, 15) is 9.59 Å². The first-order chi connectivity index (χ1) is 14.1. The van der Waals surface area contributed by atoms with Gasteiger partial charge in [0.1, 0.15) is 6.04 Å². The quantitative estimate of drug-likeness (QED) is 0.743. The Labute approximate surface area is 175 Å². The van der Waals surface area contributed by atoms with Crippen LogP contribution in [-0.2, 0) is 14.3 Å². The van der Waals surface area contributed by atoms with Crippen LogP contribution in [0.2, 0.25) is 0 Å². The number of ether oxygens (including phenoxy) is 1. The van der Waals surface area contributed by atoms with Crippen molar-refractivity contribution in [1.29, 1.82) is 0 Å². The van der Waals surface area contributed by atoms with Gasteiger partial charge in [0.2, 0.25) is 5.91 Å². The van der Waals surface area contributed by atoms with E-state index in [0.29, 0.717) is 24.0 Å². The second kappa shape index (κ2) is 8.71. The van der Waals surface area contributed by atoms with Crippen molar-refractivity contribution in [2.24, 2.45) is 0 Å². The summed E-state index contributed by atoms with van der Waals surface area (Å²) in [4.78, 5) is 29.3. The molecule has 4 rings (SSSR count). The fourth-order valence-electron chi connectivity index (χ4n) is 3.77. The number of rotatable bonds is 6. The zero-order valence-electron chi connectivity index (χ0n) is 16.0. The molecule has 0 saturated carbocycles. The van der Waals surface area contributed by atoms with Crippen LogP contribution in [0.3, 0.4) is 0 Å².